The summed E-state index contributed by atoms with van der Waals surface area (Å²) in [5.41, 5.74) is 1.77. The predicted octanol–water partition coefficient (Wildman–Crippen LogP) is 3.44. The van der Waals surface area contributed by atoms with E-state index >= 15 is 0 Å². The van der Waals surface area contributed by atoms with Crippen LogP contribution in [0.2, 0.25) is 0 Å². The Labute approximate surface area is 124 Å². The molecule has 0 N–H and O–H groups in total. The molecule has 2 heterocycles. The van der Waals surface area contributed by atoms with Gasteiger partial charge in [0.1, 0.15) is 5.69 Å². The smallest absolute Gasteiger partial charge is 0.215 e. The highest BCUT2D eigenvalue weighted by atomic mass is 79.9. The lowest BCUT2D eigenvalue weighted by molar-refractivity contribution is 0.103. The molecule has 1 aromatic carbocycles. The summed E-state index contributed by atoms with van der Waals surface area (Å²) >= 11 is 3.43. The third-order valence-corrected chi connectivity index (χ3v) is 3.72. The Hall–Kier alpha value is -2.01. The van der Waals surface area contributed by atoms with Gasteiger partial charge in [-0.1, -0.05) is 18.2 Å². The quantitative estimate of drug-likeness (QED) is 0.691. The number of para-hydroxylation sites is 1. The summed E-state index contributed by atoms with van der Waals surface area (Å²) in [5, 5.41) is 5.13. The van der Waals surface area contributed by atoms with Gasteiger partial charge in [0.05, 0.1) is 17.3 Å². The zero-order valence-corrected chi connectivity index (χ0v) is 12.5. The number of carbonyl (C=O) groups excluding carboxylic acids is 1. The van der Waals surface area contributed by atoms with E-state index in [1.807, 2.05) is 37.3 Å². The molecule has 0 aliphatic rings. The zero-order chi connectivity index (χ0) is 14.1. The molecule has 0 atom stereocenters. The van der Waals surface area contributed by atoms with E-state index in [1.54, 1.807) is 17.1 Å². The van der Waals surface area contributed by atoms with Gasteiger partial charge in [-0.3, -0.25) is 9.48 Å². The molecule has 3 rings (SSSR count). The van der Waals surface area contributed by atoms with E-state index in [2.05, 4.69) is 26.0 Å². The highest BCUT2D eigenvalue weighted by molar-refractivity contribution is 9.10. The van der Waals surface area contributed by atoms with Crippen LogP contribution < -0.4 is 0 Å². The Morgan fingerprint density at radius 1 is 1.35 bits per heavy atom. The monoisotopic (exact) mass is 329 g/mol. The first-order chi connectivity index (χ1) is 9.69. The highest BCUT2D eigenvalue weighted by Crippen LogP contribution is 2.23. The van der Waals surface area contributed by atoms with Crippen LogP contribution in [0.25, 0.3) is 10.9 Å². The van der Waals surface area contributed by atoms with Crippen molar-refractivity contribution in [3.63, 3.8) is 0 Å². The van der Waals surface area contributed by atoms with Crippen molar-refractivity contribution in [3.8, 4) is 0 Å². The third-order valence-electron chi connectivity index (χ3n) is 3.11. The Bertz CT molecular complexity index is 795. The van der Waals surface area contributed by atoms with Gasteiger partial charge in [-0.2, -0.15) is 5.10 Å². The third kappa shape index (κ3) is 2.25. The number of rotatable bonds is 3. The molecule has 20 heavy (non-hydrogen) atoms. The highest BCUT2D eigenvalue weighted by Gasteiger charge is 2.17. The Morgan fingerprint density at radius 3 is 2.90 bits per heavy atom. The Morgan fingerprint density at radius 2 is 2.15 bits per heavy atom. The average molecular weight is 330 g/mol. The molecule has 0 fully saturated rings. The molecule has 5 heteroatoms. The number of pyridine rings is 1. The molecule has 2 aromatic heterocycles. The maximum atomic E-state index is 12.5. The Kier molecular flexibility index (Phi) is 3.36. The summed E-state index contributed by atoms with van der Waals surface area (Å²) in [6, 6.07) is 9.64. The first kappa shape index (κ1) is 13.0. The van der Waals surface area contributed by atoms with Crippen molar-refractivity contribution in [2.75, 3.05) is 0 Å². The molecule has 0 aliphatic carbocycles. The molecular weight excluding hydrogens is 318 g/mol. The van der Waals surface area contributed by atoms with Crippen LogP contribution >= 0.6 is 15.9 Å². The van der Waals surface area contributed by atoms with Crippen molar-refractivity contribution in [1.82, 2.24) is 14.8 Å². The van der Waals surface area contributed by atoms with Gasteiger partial charge in [0.2, 0.25) is 5.78 Å². The van der Waals surface area contributed by atoms with Crippen molar-refractivity contribution in [2.45, 2.75) is 13.5 Å². The largest absolute Gasteiger partial charge is 0.287 e. The molecule has 4 nitrogen and oxygen atoms in total. The predicted molar refractivity (Wildman–Crippen MR) is 80.8 cm³/mol. The van der Waals surface area contributed by atoms with E-state index in [0.29, 0.717) is 15.7 Å². The minimum absolute atomic E-state index is 0.123. The second kappa shape index (κ2) is 5.17. The molecule has 3 aromatic rings. The van der Waals surface area contributed by atoms with Crippen molar-refractivity contribution < 1.29 is 4.79 Å². The number of aromatic nitrogens is 3. The van der Waals surface area contributed by atoms with Crippen LogP contribution in [0, 0.1) is 0 Å². The Balaban J connectivity index is 2.08. The summed E-state index contributed by atoms with van der Waals surface area (Å²) < 4.78 is 2.42. The molecule has 0 spiro atoms. The van der Waals surface area contributed by atoms with Gasteiger partial charge in [-0.05, 0) is 35.0 Å². The standard InChI is InChI=1S/C15H12BrN3O/c1-2-19-9-11(8-17-19)15(20)14-12(16)7-10-5-3-4-6-13(10)18-14/h3-9H,2H2,1H3. The van der Waals surface area contributed by atoms with E-state index in [1.165, 1.54) is 0 Å². The van der Waals surface area contributed by atoms with Gasteiger partial charge < -0.3 is 0 Å². The van der Waals surface area contributed by atoms with Gasteiger partial charge in [0.25, 0.3) is 0 Å². The van der Waals surface area contributed by atoms with E-state index in [9.17, 15) is 4.79 Å². The molecule has 0 amide bonds. The molecule has 0 saturated heterocycles. The van der Waals surface area contributed by atoms with Gasteiger partial charge >= 0.3 is 0 Å². The van der Waals surface area contributed by atoms with E-state index in [-0.39, 0.29) is 5.78 Å². The topological polar surface area (TPSA) is 47.8 Å². The van der Waals surface area contributed by atoms with Gasteiger partial charge in [0.15, 0.2) is 0 Å². The summed E-state index contributed by atoms with van der Waals surface area (Å²) in [7, 11) is 0. The van der Waals surface area contributed by atoms with E-state index in [0.717, 1.165) is 17.4 Å². The molecule has 0 aliphatic heterocycles. The number of aryl methyl sites for hydroxylation is 1. The molecule has 100 valence electrons. The number of fused-ring (bicyclic) bond motifs is 1. The molecule has 0 saturated carbocycles. The van der Waals surface area contributed by atoms with Crippen molar-refractivity contribution in [1.29, 1.82) is 0 Å². The summed E-state index contributed by atoms with van der Waals surface area (Å²) in [6.45, 7) is 2.71. The minimum atomic E-state index is -0.123. The second-order valence-electron chi connectivity index (χ2n) is 4.43. The van der Waals surface area contributed by atoms with Crippen LogP contribution in [0.3, 0.4) is 0 Å². The van der Waals surface area contributed by atoms with Gasteiger partial charge in [-0.15, -0.1) is 0 Å². The van der Waals surface area contributed by atoms with Crippen molar-refractivity contribution >= 4 is 32.6 Å². The molecule has 0 radical (unpaired) electrons. The van der Waals surface area contributed by atoms with E-state index in [4.69, 9.17) is 0 Å². The fourth-order valence-corrected chi connectivity index (χ4v) is 2.56. The van der Waals surface area contributed by atoms with E-state index < -0.39 is 0 Å². The maximum absolute atomic E-state index is 12.5. The SMILES string of the molecule is CCn1cc(C(=O)c2nc3ccccc3cc2Br)cn1. The van der Waals surface area contributed by atoms with Crippen LogP contribution in [0.5, 0.6) is 0 Å². The number of halogens is 1. The molecule has 0 bridgehead atoms. The fourth-order valence-electron chi connectivity index (χ4n) is 2.04. The average Bonchev–Trinajstić information content (AvgIpc) is 2.94. The van der Waals surface area contributed by atoms with Gasteiger partial charge in [-0.25, -0.2) is 4.98 Å². The number of carbonyl (C=O) groups is 1. The lowest BCUT2D eigenvalue weighted by Crippen LogP contribution is -2.05. The number of benzene rings is 1. The summed E-state index contributed by atoms with van der Waals surface area (Å²) in [4.78, 5) is 16.9. The summed E-state index contributed by atoms with van der Waals surface area (Å²) in [6.07, 6.45) is 3.32. The first-order valence-electron chi connectivity index (χ1n) is 6.31. The lowest BCUT2D eigenvalue weighted by Gasteiger charge is -2.04. The van der Waals surface area contributed by atoms with Gasteiger partial charge in [0, 0.05) is 22.6 Å². The van der Waals surface area contributed by atoms with Crippen LogP contribution in [0.4, 0.5) is 0 Å². The van der Waals surface area contributed by atoms with Crippen molar-refractivity contribution in [3.05, 3.63) is 58.5 Å². The molecular formula is C15H12BrN3O. The summed E-state index contributed by atoms with van der Waals surface area (Å²) in [5.74, 6) is -0.123. The zero-order valence-electron chi connectivity index (χ0n) is 10.9. The lowest BCUT2D eigenvalue weighted by atomic mass is 10.1. The molecule has 0 unspecified atom stereocenters. The van der Waals surface area contributed by atoms with Crippen LogP contribution in [0.1, 0.15) is 23.0 Å². The van der Waals surface area contributed by atoms with Crippen LogP contribution in [-0.4, -0.2) is 20.5 Å². The number of hydrogen-bond acceptors (Lipinski definition) is 3. The number of nitrogens with zero attached hydrogens (tertiary/aromatic N) is 3. The van der Waals surface area contributed by atoms with Crippen LogP contribution in [0.15, 0.2) is 47.2 Å². The number of ketones is 1. The number of hydrogen-bond donors (Lipinski definition) is 0. The second-order valence-corrected chi connectivity index (χ2v) is 5.28. The normalized spacial score (nSPS) is 10.9. The van der Waals surface area contributed by atoms with Crippen LogP contribution in [-0.2, 0) is 6.54 Å². The maximum Gasteiger partial charge on any atom is 0.215 e. The van der Waals surface area contributed by atoms with Crippen molar-refractivity contribution in [2.24, 2.45) is 0 Å². The first-order valence-corrected chi connectivity index (χ1v) is 7.11. The fraction of sp³-hybridized carbons (Fsp3) is 0.133. The minimum Gasteiger partial charge on any atom is -0.287 e.